The Balaban J connectivity index is 2.34. The normalized spacial score (nSPS) is 41.7. The number of carbonyl (C=O) groups is 2. The van der Waals surface area contributed by atoms with Crippen LogP contribution in [0.15, 0.2) is 12.2 Å². The van der Waals surface area contributed by atoms with Crippen molar-refractivity contribution in [1.29, 1.82) is 0 Å². The summed E-state index contributed by atoms with van der Waals surface area (Å²) >= 11 is 0. The molecule has 0 saturated carbocycles. The topological polar surface area (TPSA) is 104 Å². The first-order chi connectivity index (χ1) is 7.44. The van der Waals surface area contributed by atoms with Gasteiger partial charge < -0.3 is 20.1 Å². The van der Waals surface area contributed by atoms with Crippen LogP contribution in [0.25, 0.3) is 0 Å². The molecule has 0 spiro atoms. The molecule has 1 aliphatic heterocycles. The summed E-state index contributed by atoms with van der Waals surface area (Å²) in [7, 11) is 0. The molecule has 6 nitrogen and oxygen atoms in total. The molecule has 0 aromatic carbocycles. The zero-order chi connectivity index (χ0) is 11.9. The van der Waals surface area contributed by atoms with Crippen LogP contribution in [0.1, 0.15) is 12.8 Å². The van der Waals surface area contributed by atoms with Crippen molar-refractivity contribution in [3.8, 4) is 0 Å². The fourth-order valence-corrected chi connectivity index (χ4v) is 2.22. The molecule has 0 unspecified atom stereocenters. The van der Waals surface area contributed by atoms with E-state index < -0.39 is 35.7 Å². The molecule has 1 aliphatic carbocycles. The predicted molar refractivity (Wildman–Crippen MR) is 50.7 cm³/mol. The van der Waals surface area contributed by atoms with Gasteiger partial charge in [-0.3, -0.25) is 4.79 Å². The first kappa shape index (κ1) is 11.1. The highest BCUT2D eigenvalue weighted by molar-refractivity contribution is 5.80. The van der Waals surface area contributed by atoms with Crippen LogP contribution in [0, 0.1) is 5.41 Å². The Hall–Kier alpha value is -1.40. The molecule has 6 heteroatoms. The lowest BCUT2D eigenvalue weighted by atomic mass is 9.71. The number of aliphatic hydroxyl groups is 1. The van der Waals surface area contributed by atoms with Crippen molar-refractivity contribution in [3.63, 3.8) is 0 Å². The number of fused-ring (bicyclic) bond motifs is 2. The minimum Gasteiger partial charge on any atom is -0.481 e. The van der Waals surface area contributed by atoms with Gasteiger partial charge in [0.25, 0.3) is 0 Å². The van der Waals surface area contributed by atoms with E-state index in [-0.39, 0.29) is 12.8 Å². The number of carboxylic acid groups (broad SMARTS) is 2. The summed E-state index contributed by atoms with van der Waals surface area (Å²) in [6.45, 7) is 0. The number of carboxylic acids is 2. The highest BCUT2D eigenvalue weighted by Crippen LogP contribution is 2.42. The lowest BCUT2D eigenvalue weighted by Crippen LogP contribution is -2.52. The molecule has 2 aliphatic rings. The van der Waals surface area contributed by atoms with Crippen molar-refractivity contribution in [2.24, 2.45) is 5.41 Å². The molecule has 0 radical (unpaired) electrons. The maximum atomic E-state index is 11.2. The molecule has 2 rings (SSSR count). The second-order valence-corrected chi connectivity index (χ2v) is 4.22. The van der Waals surface area contributed by atoms with E-state index in [1.54, 1.807) is 0 Å². The van der Waals surface area contributed by atoms with E-state index in [9.17, 15) is 14.7 Å². The highest BCUT2D eigenvalue weighted by atomic mass is 16.5. The SMILES string of the molecule is O=C(O)[C@@H]1C[C@]2(C(=O)O)C=C[C@@H](O)[C@@H](C2)O1. The third-order valence-electron chi connectivity index (χ3n) is 3.15. The van der Waals surface area contributed by atoms with Gasteiger partial charge in [-0.2, -0.15) is 0 Å². The van der Waals surface area contributed by atoms with E-state index in [0.29, 0.717) is 0 Å². The Morgan fingerprint density at radius 2 is 2.00 bits per heavy atom. The first-order valence-corrected chi connectivity index (χ1v) is 4.94. The molecule has 0 aromatic heterocycles. The summed E-state index contributed by atoms with van der Waals surface area (Å²) in [5.74, 6) is -2.27. The van der Waals surface area contributed by atoms with Gasteiger partial charge in [-0.1, -0.05) is 12.2 Å². The van der Waals surface area contributed by atoms with Crippen LogP contribution >= 0.6 is 0 Å². The summed E-state index contributed by atoms with van der Waals surface area (Å²) in [5.41, 5.74) is -1.22. The van der Waals surface area contributed by atoms with E-state index in [2.05, 4.69) is 0 Å². The number of hydrogen-bond donors (Lipinski definition) is 3. The van der Waals surface area contributed by atoms with Crippen molar-refractivity contribution >= 4 is 11.9 Å². The number of ether oxygens (including phenoxy) is 1. The number of hydrogen-bond acceptors (Lipinski definition) is 4. The molecule has 3 N–H and O–H groups in total. The Morgan fingerprint density at radius 3 is 2.56 bits per heavy atom. The van der Waals surface area contributed by atoms with Crippen molar-refractivity contribution in [2.75, 3.05) is 0 Å². The minimum absolute atomic E-state index is 0.0998. The maximum Gasteiger partial charge on any atom is 0.332 e. The molecule has 88 valence electrons. The van der Waals surface area contributed by atoms with Gasteiger partial charge in [0.15, 0.2) is 6.10 Å². The van der Waals surface area contributed by atoms with E-state index in [4.69, 9.17) is 14.9 Å². The van der Waals surface area contributed by atoms with Crippen molar-refractivity contribution in [1.82, 2.24) is 0 Å². The van der Waals surface area contributed by atoms with Crippen LogP contribution in [-0.4, -0.2) is 45.6 Å². The minimum atomic E-state index is -1.22. The maximum absolute atomic E-state index is 11.2. The molecular formula is C10H12O6. The van der Waals surface area contributed by atoms with Gasteiger partial charge in [-0.05, 0) is 6.42 Å². The summed E-state index contributed by atoms with van der Waals surface area (Å²) in [4.78, 5) is 22.0. The molecule has 2 bridgehead atoms. The molecular weight excluding hydrogens is 216 g/mol. The summed E-state index contributed by atoms with van der Waals surface area (Å²) in [5, 5.41) is 27.5. The predicted octanol–water partition coefficient (Wildman–Crippen LogP) is -0.380. The van der Waals surface area contributed by atoms with E-state index in [0.717, 1.165) is 0 Å². The van der Waals surface area contributed by atoms with Gasteiger partial charge in [-0.25, -0.2) is 4.79 Å². The van der Waals surface area contributed by atoms with E-state index >= 15 is 0 Å². The third kappa shape index (κ3) is 1.60. The Bertz CT molecular complexity index is 362. The van der Waals surface area contributed by atoms with Crippen molar-refractivity contribution < 1.29 is 29.6 Å². The number of aliphatic carboxylic acids is 2. The molecule has 1 saturated heterocycles. The number of aliphatic hydroxyl groups excluding tert-OH is 1. The molecule has 0 aromatic rings. The molecule has 0 amide bonds. The molecule has 16 heavy (non-hydrogen) atoms. The Morgan fingerprint density at radius 1 is 1.31 bits per heavy atom. The average molecular weight is 228 g/mol. The summed E-state index contributed by atoms with van der Waals surface area (Å²) < 4.78 is 5.14. The molecule has 4 atom stereocenters. The summed E-state index contributed by atoms with van der Waals surface area (Å²) in [6, 6.07) is 0. The lowest BCUT2D eigenvalue weighted by molar-refractivity contribution is -0.183. The second kappa shape index (κ2) is 3.57. The highest BCUT2D eigenvalue weighted by Gasteiger charge is 2.51. The third-order valence-corrected chi connectivity index (χ3v) is 3.15. The smallest absolute Gasteiger partial charge is 0.332 e. The second-order valence-electron chi connectivity index (χ2n) is 4.22. The van der Waals surface area contributed by atoms with Crippen LogP contribution < -0.4 is 0 Å². The first-order valence-electron chi connectivity index (χ1n) is 4.94. The van der Waals surface area contributed by atoms with Gasteiger partial charge in [0.1, 0.15) is 0 Å². The zero-order valence-electron chi connectivity index (χ0n) is 8.37. The van der Waals surface area contributed by atoms with Crippen molar-refractivity contribution in [3.05, 3.63) is 12.2 Å². The molecule has 1 fully saturated rings. The van der Waals surface area contributed by atoms with Gasteiger partial charge >= 0.3 is 11.9 Å². The number of rotatable bonds is 2. The van der Waals surface area contributed by atoms with Gasteiger partial charge in [0.05, 0.1) is 17.6 Å². The van der Waals surface area contributed by atoms with Crippen LogP contribution in [0.3, 0.4) is 0 Å². The van der Waals surface area contributed by atoms with Crippen molar-refractivity contribution in [2.45, 2.75) is 31.2 Å². The van der Waals surface area contributed by atoms with Crippen LogP contribution in [0.5, 0.6) is 0 Å². The quantitative estimate of drug-likeness (QED) is 0.556. The van der Waals surface area contributed by atoms with Gasteiger partial charge in [0, 0.05) is 6.42 Å². The van der Waals surface area contributed by atoms with Gasteiger partial charge in [0.2, 0.25) is 0 Å². The van der Waals surface area contributed by atoms with Crippen LogP contribution in [0.4, 0.5) is 0 Å². The Kier molecular flexibility index (Phi) is 2.47. The van der Waals surface area contributed by atoms with Gasteiger partial charge in [-0.15, -0.1) is 0 Å². The lowest BCUT2D eigenvalue weighted by Gasteiger charge is -2.42. The van der Waals surface area contributed by atoms with E-state index in [1.165, 1.54) is 12.2 Å². The molecule has 1 heterocycles. The van der Waals surface area contributed by atoms with Crippen LogP contribution in [-0.2, 0) is 14.3 Å². The fraction of sp³-hybridized carbons (Fsp3) is 0.600. The van der Waals surface area contributed by atoms with Crippen LogP contribution in [0.2, 0.25) is 0 Å². The standard InChI is InChI=1S/C10H12O6/c11-5-1-2-10(9(14)15)3-6(5)16-7(4-10)8(12)13/h1-2,5-7,11H,3-4H2,(H,12,13)(H,14,15)/t5-,6-,7+,10+/m1/s1. The average Bonchev–Trinajstić information content (AvgIpc) is 2.23. The zero-order valence-corrected chi connectivity index (χ0v) is 8.37. The Labute approximate surface area is 91.1 Å². The van der Waals surface area contributed by atoms with E-state index in [1.807, 2.05) is 0 Å². The fourth-order valence-electron chi connectivity index (χ4n) is 2.22. The summed E-state index contributed by atoms with van der Waals surface area (Å²) in [6.07, 6.45) is -0.101. The largest absolute Gasteiger partial charge is 0.481 e. The monoisotopic (exact) mass is 228 g/mol.